The summed E-state index contributed by atoms with van der Waals surface area (Å²) in [7, 11) is 0. The van der Waals surface area contributed by atoms with Crippen LogP contribution in [0.4, 0.5) is 0 Å². The zero-order chi connectivity index (χ0) is 12.1. The van der Waals surface area contributed by atoms with Crippen molar-refractivity contribution in [1.29, 1.82) is 0 Å². The molecule has 1 rings (SSSR count). The van der Waals surface area contributed by atoms with E-state index in [9.17, 15) is 4.79 Å². The lowest BCUT2D eigenvalue weighted by atomic mass is 10.2. The highest BCUT2D eigenvalue weighted by Gasteiger charge is 2.10. The number of hydrogen-bond acceptors (Lipinski definition) is 5. The molecule has 0 bridgehead atoms. The molecular weight excluding hydrogens is 214 g/mol. The van der Waals surface area contributed by atoms with Gasteiger partial charge in [-0.3, -0.25) is 4.79 Å². The summed E-state index contributed by atoms with van der Waals surface area (Å²) in [6.45, 7) is -0.558. The van der Waals surface area contributed by atoms with Crippen molar-refractivity contribution in [3.8, 4) is 11.5 Å². The first-order valence-corrected chi connectivity index (χ1v) is 4.63. The van der Waals surface area contributed by atoms with Crippen LogP contribution in [0.3, 0.4) is 0 Å². The summed E-state index contributed by atoms with van der Waals surface area (Å²) in [5, 5.41) is 38.1. The lowest BCUT2D eigenvalue weighted by Gasteiger charge is -2.09. The van der Waals surface area contributed by atoms with Gasteiger partial charge < -0.3 is 25.7 Å². The van der Waals surface area contributed by atoms with E-state index in [1.165, 1.54) is 12.1 Å². The molecule has 1 amide bonds. The highest BCUT2D eigenvalue weighted by atomic mass is 16.3. The molecule has 0 heterocycles. The summed E-state index contributed by atoms with van der Waals surface area (Å²) < 4.78 is 0. The Balaban J connectivity index is 2.66. The number of carbonyl (C=O) groups is 1. The molecule has 0 aliphatic carbocycles. The molecule has 0 saturated heterocycles. The van der Waals surface area contributed by atoms with Gasteiger partial charge in [-0.25, -0.2) is 0 Å². The van der Waals surface area contributed by atoms with E-state index in [4.69, 9.17) is 20.4 Å². The minimum Gasteiger partial charge on any atom is -0.508 e. The molecular formula is C10H13NO5. The Morgan fingerprint density at radius 1 is 1.25 bits per heavy atom. The average Bonchev–Trinajstić information content (AvgIpc) is 2.23. The summed E-state index contributed by atoms with van der Waals surface area (Å²) in [6, 6.07) is 3.46. The second-order valence-corrected chi connectivity index (χ2v) is 3.28. The van der Waals surface area contributed by atoms with Gasteiger partial charge in [0.1, 0.15) is 11.5 Å². The zero-order valence-corrected chi connectivity index (χ0v) is 8.42. The van der Waals surface area contributed by atoms with E-state index < -0.39 is 18.6 Å². The zero-order valence-electron chi connectivity index (χ0n) is 8.42. The van der Waals surface area contributed by atoms with Crippen molar-refractivity contribution in [2.24, 2.45) is 0 Å². The fraction of sp³-hybridized carbons (Fsp3) is 0.300. The molecule has 0 spiro atoms. The second-order valence-electron chi connectivity index (χ2n) is 3.28. The SMILES string of the molecule is O=C(NCC(O)CO)c1cc(O)cc(O)c1. The van der Waals surface area contributed by atoms with E-state index in [1.807, 2.05) is 0 Å². The van der Waals surface area contributed by atoms with Crippen LogP contribution < -0.4 is 5.32 Å². The van der Waals surface area contributed by atoms with Gasteiger partial charge in [-0.2, -0.15) is 0 Å². The maximum Gasteiger partial charge on any atom is 0.251 e. The van der Waals surface area contributed by atoms with Crippen molar-refractivity contribution in [3.63, 3.8) is 0 Å². The summed E-state index contributed by atoms with van der Waals surface area (Å²) >= 11 is 0. The van der Waals surface area contributed by atoms with Crippen LogP contribution in [0, 0.1) is 0 Å². The summed E-state index contributed by atoms with van der Waals surface area (Å²) in [5.41, 5.74) is 0.0719. The molecule has 0 aliphatic heterocycles. The van der Waals surface area contributed by atoms with Crippen molar-refractivity contribution in [1.82, 2.24) is 5.32 Å². The monoisotopic (exact) mass is 227 g/mol. The van der Waals surface area contributed by atoms with Gasteiger partial charge in [0.25, 0.3) is 5.91 Å². The molecule has 88 valence electrons. The Labute approximate surface area is 91.8 Å². The van der Waals surface area contributed by atoms with Crippen LogP contribution in [0.1, 0.15) is 10.4 Å². The number of rotatable bonds is 4. The lowest BCUT2D eigenvalue weighted by molar-refractivity contribution is 0.0801. The minimum absolute atomic E-state index is 0.0719. The van der Waals surface area contributed by atoms with E-state index in [0.29, 0.717) is 0 Å². The van der Waals surface area contributed by atoms with Crippen molar-refractivity contribution < 1.29 is 25.2 Å². The van der Waals surface area contributed by atoms with Gasteiger partial charge in [0.15, 0.2) is 0 Å². The van der Waals surface area contributed by atoms with Gasteiger partial charge in [-0.15, -0.1) is 0 Å². The van der Waals surface area contributed by atoms with E-state index in [-0.39, 0.29) is 23.6 Å². The van der Waals surface area contributed by atoms with Gasteiger partial charge in [0.05, 0.1) is 12.7 Å². The smallest absolute Gasteiger partial charge is 0.251 e. The first-order chi connectivity index (χ1) is 7.52. The van der Waals surface area contributed by atoms with Crippen LogP contribution in [0.25, 0.3) is 0 Å². The van der Waals surface area contributed by atoms with Crippen LogP contribution >= 0.6 is 0 Å². The van der Waals surface area contributed by atoms with E-state index in [0.717, 1.165) is 6.07 Å². The number of hydrogen-bond donors (Lipinski definition) is 5. The molecule has 6 nitrogen and oxygen atoms in total. The molecule has 1 atom stereocenters. The molecule has 6 heteroatoms. The predicted octanol–water partition coefficient (Wildman–Crippen LogP) is -0.819. The standard InChI is InChI=1S/C10H13NO5/c12-5-9(15)4-11-10(16)6-1-7(13)3-8(14)2-6/h1-3,9,12-15H,4-5H2,(H,11,16). The number of phenols is 2. The first kappa shape index (κ1) is 12.3. The number of phenolic OH excluding ortho intramolecular Hbond substituents is 2. The maximum absolute atomic E-state index is 11.4. The number of nitrogens with one attached hydrogen (secondary N) is 1. The number of amides is 1. The van der Waals surface area contributed by atoms with Crippen LogP contribution in [0.2, 0.25) is 0 Å². The molecule has 0 radical (unpaired) electrons. The highest BCUT2D eigenvalue weighted by molar-refractivity contribution is 5.95. The van der Waals surface area contributed by atoms with Crippen LogP contribution in [0.15, 0.2) is 18.2 Å². The molecule has 0 saturated carbocycles. The van der Waals surface area contributed by atoms with Crippen molar-refractivity contribution in [3.05, 3.63) is 23.8 Å². The Kier molecular flexibility index (Phi) is 4.10. The fourth-order valence-electron chi connectivity index (χ4n) is 1.10. The third kappa shape index (κ3) is 3.41. The van der Waals surface area contributed by atoms with Gasteiger partial charge in [0.2, 0.25) is 0 Å². The van der Waals surface area contributed by atoms with Crippen LogP contribution in [-0.2, 0) is 0 Å². The number of carbonyl (C=O) groups excluding carboxylic acids is 1. The van der Waals surface area contributed by atoms with E-state index >= 15 is 0 Å². The van der Waals surface area contributed by atoms with Gasteiger partial charge in [-0.1, -0.05) is 0 Å². The van der Waals surface area contributed by atoms with E-state index in [1.54, 1.807) is 0 Å². The molecule has 0 fully saturated rings. The third-order valence-electron chi connectivity index (χ3n) is 1.87. The summed E-state index contributed by atoms with van der Waals surface area (Å²) in [5.74, 6) is -1.01. The number of aliphatic hydroxyl groups is 2. The molecule has 5 N–H and O–H groups in total. The fourth-order valence-corrected chi connectivity index (χ4v) is 1.10. The molecule has 0 aromatic heterocycles. The van der Waals surface area contributed by atoms with Crippen molar-refractivity contribution >= 4 is 5.91 Å². The van der Waals surface area contributed by atoms with Gasteiger partial charge >= 0.3 is 0 Å². The molecule has 1 aromatic carbocycles. The van der Waals surface area contributed by atoms with Crippen molar-refractivity contribution in [2.45, 2.75) is 6.10 Å². The van der Waals surface area contributed by atoms with Gasteiger partial charge in [-0.05, 0) is 12.1 Å². The Bertz CT molecular complexity index is 359. The average molecular weight is 227 g/mol. The topological polar surface area (TPSA) is 110 Å². The van der Waals surface area contributed by atoms with Crippen molar-refractivity contribution in [2.75, 3.05) is 13.2 Å². The molecule has 0 aliphatic rings. The third-order valence-corrected chi connectivity index (χ3v) is 1.87. The summed E-state index contributed by atoms with van der Waals surface area (Å²) in [4.78, 5) is 11.4. The highest BCUT2D eigenvalue weighted by Crippen LogP contribution is 2.20. The summed E-state index contributed by atoms with van der Waals surface area (Å²) in [6.07, 6.45) is -1.03. The van der Waals surface area contributed by atoms with Crippen LogP contribution in [0.5, 0.6) is 11.5 Å². The Hall–Kier alpha value is -1.79. The first-order valence-electron chi connectivity index (χ1n) is 4.63. The minimum atomic E-state index is -1.03. The van der Waals surface area contributed by atoms with Gasteiger partial charge in [0, 0.05) is 18.2 Å². The second kappa shape index (κ2) is 5.34. The Morgan fingerprint density at radius 3 is 2.31 bits per heavy atom. The Morgan fingerprint density at radius 2 is 1.81 bits per heavy atom. The molecule has 16 heavy (non-hydrogen) atoms. The number of aromatic hydroxyl groups is 2. The molecule has 1 aromatic rings. The predicted molar refractivity (Wildman–Crippen MR) is 55.2 cm³/mol. The number of benzene rings is 1. The van der Waals surface area contributed by atoms with Crippen LogP contribution in [-0.4, -0.2) is 45.6 Å². The molecule has 1 unspecified atom stereocenters. The lowest BCUT2D eigenvalue weighted by Crippen LogP contribution is -2.33. The quantitative estimate of drug-likeness (QED) is 0.461. The maximum atomic E-state index is 11.4. The number of aliphatic hydroxyl groups excluding tert-OH is 2. The largest absolute Gasteiger partial charge is 0.508 e. The normalized spacial score (nSPS) is 12.1. The van der Waals surface area contributed by atoms with E-state index in [2.05, 4.69) is 5.32 Å².